The van der Waals surface area contributed by atoms with Crippen molar-refractivity contribution >= 4 is 30.7 Å². The Morgan fingerprint density at radius 3 is 2.00 bits per heavy atom. The van der Waals surface area contributed by atoms with Crippen molar-refractivity contribution in [3.05, 3.63) is 0 Å². The van der Waals surface area contributed by atoms with E-state index in [1.165, 1.54) is 45.1 Å². The molecule has 1 aliphatic heterocycles. The smallest absolute Gasteiger partial charge is 0.242 e. The van der Waals surface area contributed by atoms with Crippen LogP contribution in [0.4, 0.5) is 0 Å². The molecule has 3 rings (SSSR count). The summed E-state index contributed by atoms with van der Waals surface area (Å²) in [6, 6.07) is 0. The van der Waals surface area contributed by atoms with Crippen LogP contribution in [0.3, 0.4) is 0 Å². The molecule has 0 unspecified atom stereocenters. The van der Waals surface area contributed by atoms with Crippen molar-refractivity contribution in [3.63, 3.8) is 0 Å². The second-order valence-electron chi connectivity index (χ2n) is 7.81. The molecule has 142 valence electrons. The van der Waals surface area contributed by atoms with Crippen LogP contribution in [0, 0.1) is 5.92 Å². The molecule has 1 saturated heterocycles. The van der Waals surface area contributed by atoms with E-state index in [0.29, 0.717) is 0 Å². The Kier molecular flexibility index (Phi) is 9.35. The van der Waals surface area contributed by atoms with E-state index in [1.807, 2.05) is 4.90 Å². The highest BCUT2D eigenvalue weighted by Gasteiger charge is 2.39. The molecular weight excluding hydrogens is 345 g/mol. The van der Waals surface area contributed by atoms with Crippen LogP contribution in [0.25, 0.3) is 0 Å². The molecule has 0 atom stereocenters. The summed E-state index contributed by atoms with van der Waals surface area (Å²) in [5.74, 6) is 1.12. The fourth-order valence-electron chi connectivity index (χ4n) is 4.58. The average molecular weight is 380 g/mol. The lowest BCUT2D eigenvalue weighted by Gasteiger charge is -2.42. The number of halogens is 2. The first-order chi connectivity index (χ1) is 10.7. The van der Waals surface area contributed by atoms with Gasteiger partial charge in [-0.2, -0.15) is 0 Å². The number of nitrogens with two attached hydrogens (primary N) is 1. The molecule has 0 aromatic carbocycles. The van der Waals surface area contributed by atoms with Gasteiger partial charge in [0.2, 0.25) is 5.91 Å². The number of piperazine rings is 1. The SMILES string of the molecule is Cl.Cl.NC1(C(=O)N2CCN(CC3CCCCC3)CC2)CCCCC1. The summed E-state index contributed by atoms with van der Waals surface area (Å²) in [4.78, 5) is 17.4. The van der Waals surface area contributed by atoms with Crippen molar-refractivity contribution in [1.29, 1.82) is 0 Å². The second-order valence-corrected chi connectivity index (χ2v) is 7.81. The van der Waals surface area contributed by atoms with Crippen molar-refractivity contribution in [2.75, 3.05) is 32.7 Å². The minimum atomic E-state index is -0.552. The maximum atomic E-state index is 12.8. The third-order valence-electron chi connectivity index (χ3n) is 6.07. The Balaban J connectivity index is 0.00000144. The highest BCUT2D eigenvalue weighted by Crippen LogP contribution is 2.28. The number of amides is 1. The summed E-state index contributed by atoms with van der Waals surface area (Å²) >= 11 is 0. The van der Waals surface area contributed by atoms with Gasteiger partial charge >= 0.3 is 0 Å². The summed E-state index contributed by atoms with van der Waals surface area (Å²) in [6.45, 7) is 5.08. The Bertz CT molecular complexity index is 374. The average Bonchev–Trinajstić information content (AvgIpc) is 2.56. The number of rotatable bonds is 3. The molecule has 2 N–H and O–H groups in total. The van der Waals surface area contributed by atoms with E-state index in [2.05, 4.69) is 4.90 Å². The van der Waals surface area contributed by atoms with Crippen LogP contribution >= 0.6 is 24.8 Å². The molecule has 0 aromatic rings. The Labute approximate surface area is 159 Å². The van der Waals surface area contributed by atoms with Crippen LogP contribution in [-0.4, -0.2) is 54.0 Å². The zero-order valence-corrected chi connectivity index (χ0v) is 16.5. The van der Waals surface area contributed by atoms with Crippen LogP contribution in [0.5, 0.6) is 0 Å². The third kappa shape index (κ3) is 5.48. The van der Waals surface area contributed by atoms with Gasteiger partial charge in [0, 0.05) is 32.7 Å². The predicted octanol–water partition coefficient (Wildman–Crippen LogP) is 3.22. The molecule has 3 aliphatic rings. The summed E-state index contributed by atoms with van der Waals surface area (Å²) in [6.07, 6.45) is 12.3. The van der Waals surface area contributed by atoms with E-state index in [4.69, 9.17) is 5.73 Å². The minimum absolute atomic E-state index is 0. The van der Waals surface area contributed by atoms with Crippen molar-refractivity contribution < 1.29 is 4.79 Å². The number of carbonyl (C=O) groups excluding carboxylic acids is 1. The molecule has 2 aliphatic carbocycles. The molecule has 3 fully saturated rings. The van der Waals surface area contributed by atoms with E-state index in [1.54, 1.807) is 0 Å². The summed E-state index contributed by atoms with van der Waals surface area (Å²) < 4.78 is 0. The summed E-state index contributed by atoms with van der Waals surface area (Å²) in [7, 11) is 0. The minimum Gasteiger partial charge on any atom is -0.339 e. The molecule has 6 heteroatoms. The number of nitrogens with zero attached hydrogens (tertiary/aromatic N) is 2. The van der Waals surface area contributed by atoms with Gasteiger partial charge in [0.25, 0.3) is 0 Å². The molecule has 0 spiro atoms. The molecule has 0 radical (unpaired) electrons. The van der Waals surface area contributed by atoms with Gasteiger partial charge in [0.05, 0.1) is 5.54 Å². The Morgan fingerprint density at radius 1 is 0.875 bits per heavy atom. The predicted molar refractivity (Wildman–Crippen MR) is 104 cm³/mol. The van der Waals surface area contributed by atoms with Gasteiger partial charge in [0.15, 0.2) is 0 Å². The maximum Gasteiger partial charge on any atom is 0.242 e. The largest absolute Gasteiger partial charge is 0.339 e. The highest BCUT2D eigenvalue weighted by molar-refractivity contribution is 5.86. The first-order valence-electron chi connectivity index (χ1n) is 9.48. The van der Waals surface area contributed by atoms with Crippen molar-refractivity contribution in [2.24, 2.45) is 11.7 Å². The van der Waals surface area contributed by atoms with Gasteiger partial charge in [-0.1, -0.05) is 38.5 Å². The van der Waals surface area contributed by atoms with Gasteiger partial charge in [-0.25, -0.2) is 0 Å². The van der Waals surface area contributed by atoms with Crippen molar-refractivity contribution in [2.45, 2.75) is 69.7 Å². The molecule has 4 nitrogen and oxygen atoms in total. The zero-order chi connectivity index (χ0) is 15.4. The first kappa shape index (κ1) is 22.0. The normalized spacial score (nSPS) is 25.5. The van der Waals surface area contributed by atoms with E-state index in [0.717, 1.165) is 57.8 Å². The van der Waals surface area contributed by atoms with Gasteiger partial charge < -0.3 is 10.6 Å². The van der Waals surface area contributed by atoms with E-state index >= 15 is 0 Å². The molecular formula is C18H35Cl2N3O. The molecule has 0 bridgehead atoms. The maximum absolute atomic E-state index is 12.8. The fourth-order valence-corrected chi connectivity index (χ4v) is 4.58. The van der Waals surface area contributed by atoms with Gasteiger partial charge in [-0.3, -0.25) is 9.69 Å². The van der Waals surface area contributed by atoms with Crippen molar-refractivity contribution in [3.8, 4) is 0 Å². The lowest BCUT2D eigenvalue weighted by Crippen LogP contribution is -2.60. The highest BCUT2D eigenvalue weighted by atomic mass is 35.5. The van der Waals surface area contributed by atoms with Crippen LogP contribution in [0.1, 0.15) is 64.2 Å². The van der Waals surface area contributed by atoms with Crippen LogP contribution in [-0.2, 0) is 4.79 Å². The Morgan fingerprint density at radius 2 is 1.42 bits per heavy atom. The fraction of sp³-hybridized carbons (Fsp3) is 0.944. The number of carbonyl (C=O) groups is 1. The first-order valence-corrected chi connectivity index (χ1v) is 9.48. The molecule has 2 saturated carbocycles. The monoisotopic (exact) mass is 379 g/mol. The zero-order valence-electron chi connectivity index (χ0n) is 14.9. The van der Waals surface area contributed by atoms with Crippen LogP contribution < -0.4 is 5.73 Å². The van der Waals surface area contributed by atoms with E-state index in [9.17, 15) is 4.79 Å². The topological polar surface area (TPSA) is 49.6 Å². The van der Waals surface area contributed by atoms with E-state index in [-0.39, 0.29) is 30.7 Å². The van der Waals surface area contributed by atoms with Crippen LogP contribution in [0.2, 0.25) is 0 Å². The lowest BCUT2D eigenvalue weighted by molar-refractivity contribution is -0.140. The number of hydrogen-bond acceptors (Lipinski definition) is 3. The molecule has 1 heterocycles. The van der Waals surface area contributed by atoms with Crippen molar-refractivity contribution in [1.82, 2.24) is 9.80 Å². The number of hydrogen-bond donors (Lipinski definition) is 1. The second kappa shape index (κ2) is 10.2. The van der Waals surface area contributed by atoms with E-state index < -0.39 is 5.54 Å². The molecule has 0 aromatic heterocycles. The quantitative estimate of drug-likeness (QED) is 0.818. The lowest BCUT2D eigenvalue weighted by atomic mass is 9.81. The van der Waals surface area contributed by atoms with Crippen LogP contribution in [0.15, 0.2) is 0 Å². The summed E-state index contributed by atoms with van der Waals surface area (Å²) in [5.41, 5.74) is 5.86. The van der Waals surface area contributed by atoms with Gasteiger partial charge in [0.1, 0.15) is 0 Å². The molecule has 24 heavy (non-hydrogen) atoms. The molecule has 1 amide bonds. The standard InChI is InChI=1S/C18H33N3O.2ClH/c19-18(9-5-2-6-10-18)17(22)21-13-11-20(12-14-21)15-16-7-3-1-4-8-16;;/h16H,1-15,19H2;2*1H. The van der Waals surface area contributed by atoms with Gasteiger partial charge in [-0.05, 0) is 31.6 Å². The third-order valence-corrected chi connectivity index (χ3v) is 6.07. The Hall–Kier alpha value is -0.0300. The summed E-state index contributed by atoms with van der Waals surface area (Å²) in [5, 5.41) is 0. The van der Waals surface area contributed by atoms with Gasteiger partial charge in [-0.15, -0.1) is 24.8 Å².